The predicted molar refractivity (Wildman–Crippen MR) is 73.3 cm³/mol. The molecule has 0 amide bonds. The van der Waals surface area contributed by atoms with Gasteiger partial charge in [0, 0.05) is 23.7 Å². The first kappa shape index (κ1) is 15.2. The molecule has 0 aromatic heterocycles. The molecule has 3 nitrogen and oxygen atoms in total. The van der Waals surface area contributed by atoms with Gasteiger partial charge in [0.2, 0.25) is 0 Å². The summed E-state index contributed by atoms with van der Waals surface area (Å²) in [5.74, 6) is -4.53. The average Bonchev–Trinajstić information content (AvgIpc) is 2.73. The highest BCUT2D eigenvalue weighted by Gasteiger charge is 2.39. The first-order valence-electron chi connectivity index (χ1n) is 6.35. The van der Waals surface area contributed by atoms with E-state index in [0.717, 1.165) is 5.56 Å². The highest BCUT2D eigenvalue weighted by molar-refractivity contribution is 9.10. The van der Waals surface area contributed by atoms with Crippen LogP contribution in [0.25, 0.3) is 0 Å². The zero-order valence-electron chi connectivity index (χ0n) is 11.0. The molecule has 2 rings (SSSR count). The van der Waals surface area contributed by atoms with Gasteiger partial charge < -0.3 is 9.84 Å². The number of hydrogen-bond acceptors (Lipinski definition) is 2. The lowest BCUT2D eigenvalue weighted by Crippen LogP contribution is -2.20. The second-order valence-electron chi connectivity index (χ2n) is 5.15. The Morgan fingerprint density at radius 3 is 2.90 bits per heavy atom. The van der Waals surface area contributed by atoms with E-state index in [-0.39, 0.29) is 17.7 Å². The van der Waals surface area contributed by atoms with Gasteiger partial charge in [-0.1, -0.05) is 22.9 Å². The van der Waals surface area contributed by atoms with Crippen LogP contribution in [0.5, 0.6) is 5.75 Å². The molecule has 0 saturated carbocycles. The molecule has 1 heterocycles. The van der Waals surface area contributed by atoms with Gasteiger partial charge in [0.05, 0.1) is 12.2 Å². The maximum absolute atomic E-state index is 14.4. The van der Waals surface area contributed by atoms with Crippen molar-refractivity contribution in [2.75, 3.05) is 6.61 Å². The molecule has 0 spiro atoms. The molecule has 0 aliphatic carbocycles. The number of carboxylic acids is 1. The summed E-state index contributed by atoms with van der Waals surface area (Å²) >= 11 is 3.23. The third-order valence-electron chi connectivity index (χ3n) is 3.27. The molecule has 110 valence electrons. The fourth-order valence-corrected chi connectivity index (χ4v) is 2.96. The SMILES string of the molecule is CC(CC(=O)O)CC(F)(F)c1cc(Br)cc2c1OCC2. The van der Waals surface area contributed by atoms with E-state index in [0.29, 0.717) is 17.5 Å². The molecule has 20 heavy (non-hydrogen) atoms. The fraction of sp³-hybridized carbons (Fsp3) is 0.500. The Morgan fingerprint density at radius 2 is 2.25 bits per heavy atom. The summed E-state index contributed by atoms with van der Waals surface area (Å²) in [6.45, 7) is 1.92. The molecule has 0 saturated heterocycles. The third-order valence-corrected chi connectivity index (χ3v) is 3.73. The highest BCUT2D eigenvalue weighted by Crippen LogP contribution is 2.45. The van der Waals surface area contributed by atoms with E-state index in [4.69, 9.17) is 9.84 Å². The Balaban J connectivity index is 2.27. The van der Waals surface area contributed by atoms with Crippen LogP contribution in [0.15, 0.2) is 16.6 Å². The lowest BCUT2D eigenvalue weighted by molar-refractivity contribution is -0.138. The van der Waals surface area contributed by atoms with Gasteiger partial charge in [-0.15, -0.1) is 0 Å². The molecule has 0 radical (unpaired) electrons. The molecular formula is C14H15BrF2O3. The van der Waals surface area contributed by atoms with Crippen LogP contribution in [0.2, 0.25) is 0 Å². The van der Waals surface area contributed by atoms with E-state index in [9.17, 15) is 13.6 Å². The summed E-state index contributed by atoms with van der Waals surface area (Å²) < 4.78 is 34.7. The maximum Gasteiger partial charge on any atom is 0.303 e. The van der Waals surface area contributed by atoms with Crippen LogP contribution < -0.4 is 4.74 Å². The minimum absolute atomic E-state index is 0.156. The Bertz CT molecular complexity index is 531. The lowest BCUT2D eigenvalue weighted by Gasteiger charge is -2.22. The van der Waals surface area contributed by atoms with Crippen molar-refractivity contribution in [1.82, 2.24) is 0 Å². The number of ether oxygens (including phenoxy) is 1. The van der Waals surface area contributed by atoms with E-state index < -0.39 is 24.2 Å². The number of carboxylic acid groups (broad SMARTS) is 1. The number of benzene rings is 1. The van der Waals surface area contributed by atoms with E-state index in [1.165, 1.54) is 13.0 Å². The molecule has 1 unspecified atom stereocenters. The van der Waals surface area contributed by atoms with Crippen molar-refractivity contribution in [3.63, 3.8) is 0 Å². The molecule has 1 aliphatic rings. The van der Waals surface area contributed by atoms with Gasteiger partial charge in [-0.25, -0.2) is 8.78 Å². The fourth-order valence-electron chi connectivity index (χ4n) is 2.46. The zero-order chi connectivity index (χ0) is 14.9. The Morgan fingerprint density at radius 1 is 1.55 bits per heavy atom. The summed E-state index contributed by atoms with van der Waals surface area (Å²) in [7, 11) is 0. The number of aliphatic carboxylic acids is 1. The molecule has 1 N–H and O–H groups in total. The normalized spacial score (nSPS) is 15.6. The monoisotopic (exact) mass is 348 g/mol. The number of alkyl halides is 2. The molecular weight excluding hydrogens is 334 g/mol. The summed E-state index contributed by atoms with van der Waals surface area (Å²) in [6, 6.07) is 3.14. The van der Waals surface area contributed by atoms with Gasteiger partial charge >= 0.3 is 5.97 Å². The van der Waals surface area contributed by atoms with Gasteiger partial charge in [0.1, 0.15) is 5.75 Å². The summed E-state index contributed by atoms with van der Waals surface area (Å²) in [4.78, 5) is 10.6. The minimum atomic E-state index is -3.10. The van der Waals surface area contributed by atoms with Crippen molar-refractivity contribution >= 4 is 21.9 Å². The van der Waals surface area contributed by atoms with Crippen molar-refractivity contribution in [3.05, 3.63) is 27.7 Å². The largest absolute Gasteiger partial charge is 0.492 e. The number of fused-ring (bicyclic) bond motifs is 1. The van der Waals surface area contributed by atoms with Crippen molar-refractivity contribution in [3.8, 4) is 5.75 Å². The first-order chi connectivity index (χ1) is 9.29. The summed E-state index contributed by atoms with van der Waals surface area (Å²) in [6.07, 6.45) is -0.166. The second-order valence-corrected chi connectivity index (χ2v) is 6.07. The van der Waals surface area contributed by atoms with Crippen LogP contribution in [0.3, 0.4) is 0 Å². The van der Waals surface area contributed by atoms with Crippen LogP contribution in [-0.2, 0) is 17.1 Å². The van der Waals surface area contributed by atoms with Crippen molar-refractivity contribution in [2.45, 2.75) is 32.1 Å². The maximum atomic E-state index is 14.4. The summed E-state index contributed by atoms with van der Waals surface area (Å²) in [5.41, 5.74) is 0.608. The molecule has 0 fully saturated rings. The number of carbonyl (C=O) groups is 1. The molecule has 1 aromatic rings. The number of hydrogen-bond donors (Lipinski definition) is 1. The van der Waals surface area contributed by atoms with Crippen LogP contribution in [0.4, 0.5) is 8.78 Å². The van der Waals surface area contributed by atoms with Gasteiger partial charge in [-0.05, 0) is 23.6 Å². The average molecular weight is 349 g/mol. The van der Waals surface area contributed by atoms with Crippen molar-refractivity contribution in [1.29, 1.82) is 0 Å². The number of rotatable bonds is 5. The van der Waals surface area contributed by atoms with Crippen LogP contribution in [-0.4, -0.2) is 17.7 Å². The van der Waals surface area contributed by atoms with Gasteiger partial charge in [0.25, 0.3) is 5.92 Å². The van der Waals surface area contributed by atoms with E-state index in [1.807, 2.05) is 0 Å². The topological polar surface area (TPSA) is 46.5 Å². The quantitative estimate of drug-likeness (QED) is 0.875. The van der Waals surface area contributed by atoms with E-state index >= 15 is 0 Å². The van der Waals surface area contributed by atoms with Crippen molar-refractivity contribution < 1.29 is 23.4 Å². The van der Waals surface area contributed by atoms with Gasteiger partial charge in [-0.2, -0.15) is 0 Å². The number of halogens is 3. The van der Waals surface area contributed by atoms with E-state index in [2.05, 4.69) is 15.9 Å². The molecule has 0 bridgehead atoms. The minimum Gasteiger partial charge on any atom is -0.492 e. The molecule has 1 aliphatic heterocycles. The Kier molecular flexibility index (Phi) is 4.32. The van der Waals surface area contributed by atoms with Crippen LogP contribution in [0, 0.1) is 5.92 Å². The molecule has 6 heteroatoms. The molecule has 1 aromatic carbocycles. The second kappa shape index (κ2) is 5.68. The Hall–Kier alpha value is -1.17. The van der Waals surface area contributed by atoms with E-state index in [1.54, 1.807) is 6.07 Å². The lowest BCUT2D eigenvalue weighted by atomic mass is 9.93. The highest BCUT2D eigenvalue weighted by atomic mass is 79.9. The van der Waals surface area contributed by atoms with Crippen LogP contribution in [0.1, 0.15) is 30.9 Å². The van der Waals surface area contributed by atoms with Crippen molar-refractivity contribution in [2.24, 2.45) is 5.92 Å². The smallest absolute Gasteiger partial charge is 0.303 e. The van der Waals surface area contributed by atoms with Gasteiger partial charge in [0.15, 0.2) is 0 Å². The zero-order valence-corrected chi connectivity index (χ0v) is 12.5. The first-order valence-corrected chi connectivity index (χ1v) is 7.14. The van der Waals surface area contributed by atoms with Gasteiger partial charge in [-0.3, -0.25) is 4.79 Å². The third kappa shape index (κ3) is 3.29. The summed E-state index contributed by atoms with van der Waals surface area (Å²) in [5, 5.41) is 8.67. The standard InChI is InChI=1S/C14H15BrF2O3/c1-8(4-12(18)19)7-14(16,17)11-6-10(15)5-9-2-3-20-13(9)11/h5-6,8H,2-4,7H2,1H3,(H,18,19). The molecule has 1 atom stereocenters. The predicted octanol–water partition coefficient (Wildman–Crippen LogP) is 3.98. The Labute approximate surface area is 124 Å². The van der Waals surface area contributed by atoms with Crippen LogP contribution >= 0.6 is 15.9 Å².